The minimum absolute atomic E-state index is 0.0469. The lowest BCUT2D eigenvalue weighted by Crippen LogP contribution is -2.37. The normalized spacial score (nSPS) is 16.0. The summed E-state index contributed by atoms with van der Waals surface area (Å²) in [6, 6.07) is 4.50. The summed E-state index contributed by atoms with van der Waals surface area (Å²) in [5.74, 6) is -0.988. The molecule has 1 unspecified atom stereocenters. The van der Waals surface area contributed by atoms with E-state index in [0.29, 0.717) is 27.6 Å². The van der Waals surface area contributed by atoms with Gasteiger partial charge in [-0.3, -0.25) is 14.6 Å². The molecule has 30 heavy (non-hydrogen) atoms. The molecule has 0 radical (unpaired) electrons. The highest BCUT2D eigenvalue weighted by Crippen LogP contribution is 2.34. The Morgan fingerprint density at radius 2 is 2.07 bits per heavy atom. The van der Waals surface area contributed by atoms with Gasteiger partial charge in [-0.1, -0.05) is 0 Å². The number of H-pyrrole nitrogens is 1. The van der Waals surface area contributed by atoms with Crippen molar-refractivity contribution in [3.63, 3.8) is 0 Å². The monoisotopic (exact) mass is 417 g/mol. The Morgan fingerprint density at radius 1 is 1.30 bits per heavy atom. The number of alkyl halides is 2. The summed E-state index contributed by atoms with van der Waals surface area (Å²) in [6.45, 7) is 1.78. The van der Waals surface area contributed by atoms with Crippen LogP contribution in [0.15, 0.2) is 35.3 Å². The number of carbonyl (C=O) groups excluding carboxylic acids is 1. The van der Waals surface area contributed by atoms with Gasteiger partial charge in [0.25, 0.3) is 17.9 Å². The molecule has 3 heterocycles. The van der Waals surface area contributed by atoms with Gasteiger partial charge in [-0.2, -0.15) is 0 Å². The number of pyridine rings is 2. The van der Waals surface area contributed by atoms with Gasteiger partial charge in [0, 0.05) is 35.5 Å². The third-order valence-corrected chi connectivity index (χ3v) is 5.32. The van der Waals surface area contributed by atoms with E-state index in [0.717, 1.165) is 12.3 Å². The standard InChI is InChI=1S/C21H18F3N3O3/c1-10-5-13-12(7-14(10)22)18-16(26-20(13)28)8-30-9-17(18)27(2)21(29)11-3-4-25-15(6-11)19(23)24/h3-7,17,19H,8-9H2,1-2H3,(H,26,28). The molecule has 2 aromatic heterocycles. The Labute approximate surface area is 169 Å². The van der Waals surface area contributed by atoms with Crippen LogP contribution in [-0.2, 0) is 11.3 Å². The molecule has 1 aromatic carbocycles. The van der Waals surface area contributed by atoms with Crippen molar-refractivity contribution < 1.29 is 22.7 Å². The Balaban J connectivity index is 1.82. The summed E-state index contributed by atoms with van der Waals surface area (Å²) in [5, 5.41) is 0.706. The molecule has 1 aliphatic rings. The highest BCUT2D eigenvalue weighted by molar-refractivity contribution is 5.95. The van der Waals surface area contributed by atoms with Crippen LogP contribution in [0.5, 0.6) is 0 Å². The highest BCUT2D eigenvalue weighted by Gasteiger charge is 2.31. The number of aryl methyl sites for hydroxylation is 1. The number of nitrogens with one attached hydrogen (secondary N) is 1. The average Bonchev–Trinajstić information content (AvgIpc) is 2.73. The molecule has 0 bridgehead atoms. The maximum atomic E-state index is 14.3. The number of likely N-dealkylation sites (N-methyl/N-ethyl adjacent to an activating group) is 1. The van der Waals surface area contributed by atoms with E-state index >= 15 is 0 Å². The van der Waals surface area contributed by atoms with Crippen molar-refractivity contribution in [1.29, 1.82) is 0 Å². The first-order valence-corrected chi connectivity index (χ1v) is 9.22. The molecule has 4 rings (SSSR count). The number of ether oxygens (including phenoxy) is 1. The minimum atomic E-state index is -2.80. The number of amides is 1. The number of fused-ring (bicyclic) bond motifs is 3. The quantitative estimate of drug-likeness (QED) is 0.706. The first-order valence-electron chi connectivity index (χ1n) is 9.22. The first-order chi connectivity index (χ1) is 14.3. The Kier molecular flexibility index (Phi) is 5.07. The molecule has 0 aliphatic carbocycles. The van der Waals surface area contributed by atoms with Crippen molar-refractivity contribution in [2.24, 2.45) is 0 Å². The van der Waals surface area contributed by atoms with E-state index in [-0.39, 0.29) is 24.3 Å². The SMILES string of the molecule is Cc1cc2c(=O)[nH]c3c(c2cc1F)C(N(C)C(=O)c1ccnc(C(F)F)c1)COC3. The lowest BCUT2D eigenvalue weighted by atomic mass is 9.94. The Hall–Kier alpha value is -3.20. The van der Waals surface area contributed by atoms with Gasteiger partial charge in [0.05, 0.1) is 19.3 Å². The lowest BCUT2D eigenvalue weighted by Gasteiger charge is -2.34. The van der Waals surface area contributed by atoms with E-state index in [1.165, 1.54) is 30.1 Å². The van der Waals surface area contributed by atoms with Crippen LogP contribution in [0.3, 0.4) is 0 Å². The summed E-state index contributed by atoms with van der Waals surface area (Å²) in [6.07, 6.45) is -1.65. The van der Waals surface area contributed by atoms with E-state index in [4.69, 9.17) is 4.74 Å². The molecule has 9 heteroatoms. The molecule has 156 valence electrons. The molecule has 0 saturated carbocycles. The summed E-state index contributed by atoms with van der Waals surface area (Å²) >= 11 is 0. The van der Waals surface area contributed by atoms with Crippen LogP contribution in [0.2, 0.25) is 0 Å². The molecule has 1 N–H and O–H groups in total. The predicted molar refractivity (Wildman–Crippen MR) is 103 cm³/mol. The second kappa shape index (κ2) is 7.56. The smallest absolute Gasteiger partial charge is 0.280 e. The number of benzene rings is 1. The average molecular weight is 417 g/mol. The van der Waals surface area contributed by atoms with Crippen LogP contribution in [0.1, 0.15) is 45.3 Å². The second-order valence-electron chi connectivity index (χ2n) is 7.21. The number of hydrogen-bond acceptors (Lipinski definition) is 4. The maximum Gasteiger partial charge on any atom is 0.280 e. The summed E-state index contributed by atoms with van der Waals surface area (Å²) < 4.78 is 45.8. The van der Waals surface area contributed by atoms with E-state index in [9.17, 15) is 22.8 Å². The molecular formula is C21H18F3N3O3. The summed E-state index contributed by atoms with van der Waals surface area (Å²) in [7, 11) is 1.51. The van der Waals surface area contributed by atoms with Gasteiger partial charge < -0.3 is 14.6 Å². The molecular weight excluding hydrogens is 399 g/mol. The molecule has 1 amide bonds. The third-order valence-electron chi connectivity index (χ3n) is 5.32. The number of aromatic amines is 1. The highest BCUT2D eigenvalue weighted by atomic mass is 19.3. The molecule has 0 spiro atoms. The van der Waals surface area contributed by atoms with Crippen molar-refractivity contribution in [1.82, 2.24) is 14.9 Å². The number of hydrogen-bond donors (Lipinski definition) is 1. The molecule has 1 atom stereocenters. The Morgan fingerprint density at radius 3 is 2.80 bits per heavy atom. The topological polar surface area (TPSA) is 75.3 Å². The van der Waals surface area contributed by atoms with Gasteiger partial charge in [0.1, 0.15) is 11.5 Å². The number of aromatic nitrogens is 2. The number of halogens is 3. The number of carbonyl (C=O) groups is 1. The van der Waals surface area contributed by atoms with Gasteiger partial charge in [-0.05, 0) is 42.1 Å². The lowest BCUT2D eigenvalue weighted by molar-refractivity contribution is 0.0335. The van der Waals surface area contributed by atoms with Crippen molar-refractivity contribution >= 4 is 16.7 Å². The van der Waals surface area contributed by atoms with E-state index in [2.05, 4.69) is 9.97 Å². The van der Waals surface area contributed by atoms with Crippen molar-refractivity contribution in [2.45, 2.75) is 26.0 Å². The zero-order valence-electron chi connectivity index (χ0n) is 16.2. The van der Waals surface area contributed by atoms with Crippen LogP contribution in [0.4, 0.5) is 13.2 Å². The van der Waals surface area contributed by atoms with Crippen molar-refractivity contribution in [3.8, 4) is 0 Å². The summed E-state index contributed by atoms with van der Waals surface area (Å²) in [5.41, 5.74) is 0.536. The fourth-order valence-electron chi connectivity index (χ4n) is 3.73. The van der Waals surface area contributed by atoms with Crippen LogP contribution in [0, 0.1) is 12.7 Å². The largest absolute Gasteiger partial charge is 0.373 e. The molecule has 0 fully saturated rings. The first kappa shape index (κ1) is 20.1. The second-order valence-corrected chi connectivity index (χ2v) is 7.21. The fourth-order valence-corrected chi connectivity index (χ4v) is 3.73. The van der Waals surface area contributed by atoms with Crippen LogP contribution < -0.4 is 5.56 Å². The van der Waals surface area contributed by atoms with Crippen molar-refractivity contribution in [3.05, 3.63) is 74.7 Å². The molecule has 0 saturated heterocycles. The molecule has 1 aliphatic heterocycles. The molecule has 3 aromatic rings. The van der Waals surface area contributed by atoms with E-state index in [1.807, 2.05) is 0 Å². The molecule has 6 nitrogen and oxygen atoms in total. The van der Waals surface area contributed by atoms with Gasteiger partial charge in [-0.15, -0.1) is 0 Å². The fraction of sp³-hybridized carbons (Fsp3) is 0.286. The van der Waals surface area contributed by atoms with Gasteiger partial charge >= 0.3 is 0 Å². The van der Waals surface area contributed by atoms with Gasteiger partial charge in [-0.25, -0.2) is 13.2 Å². The van der Waals surface area contributed by atoms with E-state index in [1.54, 1.807) is 6.92 Å². The predicted octanol–water partition coefficient (Wildman–Crippen LogP) is 3.65. The maximum absolute atomic E-state index is 14.3. The zero-order chi connectivity index (χ0) is 21.6. The van der Waals surface area contributed by atoms with Crippen LogP contribution in [0.25, 0.3) is 10.8 Å². The number of rotatable bonds is 3. The van der Waals surface area contributed by atoms with Crippen molar-refractivity contribution in [2.75, 3.05) is 13.7 Å². The third kappa shape index (κ3) is 3.35. The van der Waals surface area contributed by atoms with Crippen LogP contribution in [-0.4, -0.2) is 34.4 Å². The van der Waals surface area contributed by atoms with Gasteiger partial charge in [0.15, 0.2) is 0 Å². The van der Waals surface area contributed by atoms with Gasteiger partial charge in [0.2, 0.25) is 0 Å². The Bertz CT molecular complexity index is 1210. The number of nitrogens with zero attached hydrogens (tertiary/aromatic N) is 2. The van der Waals surface area contributed by atoms with Crippen LogP contribution >= 0.6 is 0 Å². The van der Waals surface area contributed by atoms with E-state index < -0.39 is 29.9 Å². The minimum Gasteiger partial charge on any atom is -0.373 e. The summed E-state index contributed by atoms with van der Waals surface area (Å²) in [4.78, 5) is 33.1. The zero-order valence-corrected chi connectivity index (χ0v) is 16.2.